The van der Waals surface area contributed by atoms with E-state index in [9.17, 15) is 0 Å². The average Bonchev–Trinajstić information content (AvgIpc) is 2.99. The van der Waals surface area contributed by atoms with Crippen molar-refractivity contribution in [3.63, 3.8) is 0 Å². The second kappa shape index (κ2) is 4.43. The third kappa shape index (κ3) is 2.96. The summed E-state index contributed by atoms with van der Waals surface area (Å²) in [4.78, 5) is 2.62. The Hall–Kier alpha value is -0.0800. The Bertz CT molecular complexity index is 154. The van der Waals surface area contributed by atoms with Crippen LogP contribution >= 0.6 is 0 Å². The smallest absolute Gasteiger partial charge is 0.00217 e. The van der Waals surface area contributed by atoms with Gasteiger partial charge in [-0.15, -0.1) is 0 Å². The van der Waals surface area contributed by atoms with E-state index in [-0.39, 0.29) is 0 Å². The first-order valence-corrected chi connectivity index (χ1v) is 5.81. The van der Waals surface area contributed by atoms with Crippen molar-refractivity contribution in [3.8, 4) is 0 Å². The Labute approximate surface area is 81.5 Å². The summed E-state index contributed by atoms with van der Waals surface area (Å²) >= 11 is 0. The van der Waals surface area contributed by atoms with Crippen molar-refractivity contribution in [2.75, 3.05) is 26.2 Å². The van der Waals surface area contributed by atoms with E-state index >= 15 is 0 Å². The molecule has 0 aromatic rings. The average molecular weight is 182 g/mol. The molecule has 2 N–H and O–H groups in total. The van der Waals surface area contributed by atoms with Gasteiger partial charge in [0.05, 0.1) is 0 Å². The van der Waals surface area contributed by atoms with Crippen LogP contribution in [-0.4, -0.2) is 31.1 Å². The number of nitrogens with zero attached hydrogens (tertiary/aromatic N) is 1. The van der Waals surface area contributed by atoms with Crippen LogP contribution in [0.1, 0.15) is 32.1 Å². The van der Waals surface area contributed by atoms with Crippen molar-refractivity contribution in [2.45, 2.75) is 32.1 Å². The molecule has 1 saturated heterocycles. The number of rotatable bonds is 4. The first kappa shape index (κ1) is 9.47. The Morgan fingerprint density at radius 2 is 2.00 bits per heavy atom. The maximum absolute atomic E-state index is 5.71. The molecule has 0 aromatic heterocycles. The molecule has 1 unspecified atom stereocenters. The van der Waals surface area contributed by atoms with E-state index in [1.807, 2.05) is 0 Å². The topological polar surface area (TPSA) is 29.3 Å². The molecule has 1 saturated carbocycles. The summed E-state index contributed by atoms with van der Waals surface area (Å²) in [5.74, 6) is 1.87. The van der Waals surface area contributed by atoms with Gasteiger partial charge in [-0.05, 0) is 50.7 Å². The fourth-order valence-corrected chi connectivity index (χ4v) is 2.32. The maximum Gasteiger partial charge on any atom is 0.00217 e. The summed E-state index contributed by atoms with van der Waals surface area (Å²) in [6.07, 6.45) is 7.16. The molecule has 0 aromatic carbocycles. The third-order valence-electron chi connectivity index (χ3n) is 3.49. The summed E-state index contributed by atoms with van der Waals surface area (Å²) in [5, 5.41) is 0. The van der Waals surface area contributed by atoms with Gasteiger partial charge in [-0.3, -0.25) is 0 Å². The molecule has 1 heterocycles. The normalized spacial score (nSPS) is 30.7. The van der Waals surface area contributed by atoms with Crippen LogP contribution < -0.4 is 5.73 Å². The van der Waals surface area contributed by atoms with Gasteiger partial charge in [0.25, 0.3) is 0 Å². The molecule has 2 heteroatoms. The largest absolute Gasteiger partial charge is 0.330 e. The Balaban J connectivity index is 1.65. The zero-order chi connectivity index (χ0) is 9.10. The third-order valence-corrected chi connectivity index (χ3v) is 3.49. The van der Waals surface area contributed by atoms with Gasteiger partial charge < -0.3 is 10.6 Å². The Kier molecular flexibility index (Phi) is 3.23. The van der Waals surface area contributed by atoms with Crippen LogP contribution in [0.2, 0.25) is 0 Å². The number of nitrogens with two attached hydrogens (primary N) is 1. The van der Waals surface area contributed by atoms with E-state index in [0.29, 0.717) is 0 Å². The molecule has 0 amide bonds. The van der Waals surface area contributed by atoms with Crippen LogP contribution in [0.3, 0.4) is 0 Å². The number of piperidine rings is 1. The van der Waals surface area contributed by atoms with Crippen molar-refractivity contribution in [1.82, 2.24) is 4.90 Å². The molecular weight excluding hydrogens is 160 g/mol. The summed E-state index contributed by atoms with van der Waals surface area (Å²) in [6, 6.07) is 0. The number of hydrogen-bond donors (Lipinski definition) is 1. The highest BCUT2D eigenvalue weighted by Crippen LogP contribution is 2.32. The highest BCUT2D eigenvalue weighted by atomic mass is 15.1. The fourth-order valence-electron chi connectivity index (χ4n) is 2.32. The first-order chi connectivity index (χ1) is 6.38. The van der Waals surface area contributed by atoms with Gasteiger partial charge in [0.15, 0.2) is 0 Å². The van der Waals surface area contributed by atoms with E-state index in [4.69, 9.17) is 5.73 Å². The van der Waals surface area contributed by atoms with Crippen molar-refractivity contribution in [3.05, 3.63) is 0 Å². The Morgan fingerprint density at radius 3 is 2.69 bits per heavy atom. The minimum absolute atomic E-state index is 0.785. The van der Waals surface area contributed by atoms with E-state index in [2.05, 4.69) is 4.90 Å². The zero-order valence-corrected chi connectivity index (χ0v) is 8.54. The van der Waals surface area contributed by atoms with Crippen molar-refractivity contribution in [1.29, 1.82) is 0 Å². The van der Waals surface area contributed by atoms with E-state index in [0.717, 1.165) is 18.4 Å². The predicted octanol–water partition coefficient (Wildman–Crippen LogP) is 1.46. The molecule has 2 fully saturated rings. The molecule has 1 atom stereocenters. The van der Waals surface area contributed by atoms with Gasteiger partial charge >= 0.3 is 0 Å². The summed E-state index contributed by atoms with van der Waals surface area (Å²) in [5.41, 5.74) is 5.71. The van der Waals surface area contributed by atoms with Crippen LogP contribution in [0.25, 0.3) is 0 Å². The van der Waals surface area contributed by atoms with Crippen LogP contribution in [0, 0.1) is 11.8 Å². The van der Waals surface area contributed by atoms with E-state index < -0.39 is 0 Å². The zero-order valence-electron chi connectivity index (χ0n) is 8.54. The minimum Gasteiger partial charge on any atom is -0.330 e. The molecule has 76 valence electrons. The molecular formula is C11H22N2. The maximum atomic E-state index is 5.71. The monoisotopic (exact) mass is 182 g/mol. The van der Waals surface area contributed by atoms with Gasteiger partial charge in [-0.1, -0.05) is 12.8 Å². The van der Waals surface area contributed by atoms with Crippen molar-refractivity contribution < 1.29 is 0 Å². The lowest BCUT2D eigenvalue weighted by Gasteiger charge is -2.32. The molecule has 1 aliphatic heterocycles. The summed E-state index contributed by atoms with van der Waals surface area (Å²) < 4.78 is 0. The molecule has 0 bridgehead atoms. The second-order valence-electron chi connectivity index (χ2n) is 4.78. The quantitative estimate of drug-likeness (QED) is 0.713. The highest BCUT2D eigenvalue weighted by Gasteiger charge is 2.24. The van der Waals surface area contributed by atoms with Gasteiger partial charge in [0.1, 0.15) is 0 Å². The SMILES string of the molecule is NCC1CCCN(CCC2CC2)C1. The number of likely N-dealkylation sites (tertiary alicyclic amines) is 1. The molecule has 2 aliphatic rings. The van der Waals surface area contributed by atoms with Crippen LogP contribution in [0.4, 0.5) is 0 Å². The lowest BCUT2D eigenvalue weighted by Crippen LogP contribution is -2.38. The standard InChI is InChI=1S/C11H22N2/c12-8-11-2-1-6-13(9-11)7-5-10-3-4-10/h10-11H,1-9,12H2. The highest BCUT2D eigenvalue weighted by molar-refractivity contribution is 4.78. The van der Waals surface area contributed by atoms with Gasteiger partial charge in [-0.25, -0.2) is 0 Å². The molecule has 0 spiro atoms. The van der Waals surface area contributed by atoms with E-state index in [1.54, 1.807) is 0 Å². The fraction of sp³-hybridized carbons (Fsp3) is 1.00. The first-order valence-electron chi connectivity index (χ1n) is 5.81. The predicted molar refractivity (Wildman–Crippen MR) is 55.6 cm³/mol. The molecule has 2 nitrogen and oxygen atoms in total. The minimum atomic E-state index is 0.785. The lowest BCUT2D eigenvalue weighted by atomic mass is 9.98. The van der Waals surface area contributed by atoms with Crippen molar-refractivity contribution >= 4 is 0 Å². The summed E-state index contributed by atoms with van der Waals surface area (Å²) in [7, 11) is 0. The molecule has 2 rings (SSSR count). The lowest BCUT2D eigenvalue weighted by molar-refractivity contribution is 0.174. The number of hydrogen-bond acceptors (Lipinski definition) is 2. The van der Waals surface area contributed by atoms with Crippen LogP contribution in [0.5, 0.6) is 0 Å². The van der Waals surface area contributed by atoms with Gasteiger partial charge in [0.2, 0.25) is 0 Å². The van der Waals surface area contributed by atoms with Gasteiger partial charge in [0, 0.05) is 6.54 Å². The summed E-state index contributed by atoms with van der Waals surface area (Å²) in [6.45, 7) is 4.81. The van der Waals surface area contributed by atoms with Gasteiger partial charge in [-0.2, -0.15) is 0 Å². The van der Waals surface area contributed by atoms with E-state index in [1.165, 1.54) is 51.7 Å². The Morgan fingerprint density at radius 1 is 1.15 bits per heavy atom. The molecule has 13 heavy (non-hydrogen) atoms. The molecule has 0 radical (unpaired) electrons. The molecule has 1 aliphatic carbocycles. The van der Waals surface area contributed by atoms with Crippen molar-refractivity contribution in [2.24, 2.45) is 17.6 Å². The second-order valence-corrected chi connectivity index (χ2v) is 4.78. The van der Waals surface area contributed by atoms with Crippen LogP contribution in [-0.2, 0) is 0 Å². The van der Waals surface area contributed by atoms with Crippen LogP contribution in [0.15, 0.2) is 0 Å².